The van der Waals surface area contributed by atoms with E-state index in [9.17, 15) is 14.7 Å². The van der Waals surface area contributed by atoms with Crippen LogP contribution in [0.15, 0.2) is 24.3 Å². The number of carbonyl (C=O) groups is 2. The van der Waals surface area contributed by atoms with Crippen LogP contribution in [0.25, 0.3) is 0 Å². The minimum absolute atomic E-state index is 0.0829. The summed E-state index contributed by atoms with van der Waals surface area (Å²) >= 11 is 0. The van der Waals surface area contributed by atoms with Gasteiger partial charge >= 0.3 is 0 Å². The van der Waals surface area contributed by atoms with E-state index in [1.54, 1.807) is 0 Å². The molecule has 0 aliphatic carbocycles. The Bertz CT molecular complexity index is 775. The Morgan fingerprint density at radius 1 is 0.451 bits per heavy atom. The lowest BCUT2D eigenvalue weighted by Gasteiger charge is -2.12. The molecule has 0 aliphatic rings. The number of Topliss-reactive ketones (excluding diaryl/α,β-unsaturated/α-hetero) is 1. The first-order valence-electron chi connectivity index (χ1n) is 22.9. The van der Waals surface area contributed by atoms with Crippen molar-refractivity contribution in [2.24, 2.45) is 0 Å². The number of hydrogen-bond acceptors (Lipinski definition) is 3. The number of allylic oxidation sites excluding steroid dienone is 4. The van der Waals surface area contributed by atoms with Gasteiger partial charge in [-0.05, 0) is 57.8 Å². The molecule has 0 aromatic carbocycles. The molecule has 2 N–H and O–H groups in total. The number of ketones is 1. The van der Waals surface area contributed by atoms with Gasteiger partial charge < -0.3 is 10.4 Å². The zero-order valence-electron chi connectivity index (χ0n) is 34.5. The molecule has 0 rings (SSSR count). The molecule has 0 heterocycles. The molecule has 0 radical (unpaired) electrons. The monoisotopic (exact) mass is 716 g/mol. The topological polar surface area (TPSA) is 66.4 Å². The summed E-state index contributed by atoms with van der Waals surface area (Å²) in [7, 11) is 0. The number of hydrogen-bond donors (Lipinski definition) is 2. The number of rotatable bonds is 42. The third kappa shape index (κ3) is 42.9. The highest BCUT2D eigenvalue weighted by atomic mass is 16.3. The average Bonchev–Trinajstić information content (AvgIpc) is 3.13. The summed E-state index contributed by atoms with van der Waals surface area (Å²) in [6.45, 7) is 4.93. The van der Waals surface area contributed by atoms with Crippen LogP contribution < -0.4 is 5.32 Å². The van der Waals surface area contributed by atoms with Gasteiger partial charge in [0, 0.05) is 25.8 Å². The fraction of sp³-hybridized carbons (Fsp3) is 0.872. The second-order valence-electron chi connectivity index (χ2n) is 15.7. The fourth-order valence-corrected chi connectivity index (χ4v) is 6.92. The minimum Gasteiger partial charge on any atom is -0.391 e. The summed E-state index contributed by atoms with van der Waals surface area (Å²) in [6.07, 6.45) is 53.2. The average molecular weight is 716 g/mol. The maximum absolute atomic E-state index is 12.2. The Morgan fingerprint density at radius 3 is 1.27 bits per heavy atom. The summed E-state index contributed by atoms with van der Waals surface area (Å²) in [6, 6.07) is 0. The van der Waals surface area contributed by atoms with Crippen LogP contribution in [0.3, 0.4) is 0 Å². The smallest absolute Gasteiger partial charge is 0.220 e. The van der Waals surface area contributed by atoms with Crippen molar-refractivity contribution in [3.8, 4) is 0 Å². The van der Waals surface area contributed by atoms with Crippen molar-refractivity contribution < 1.29 is 14.7 Å². The number of aliphatic hydroxyl groups is 1. The largest absolute Gasteiger partial charge is 0.391 e. The van der Waals surface area contributed by atoms with Gasteiger partial charge in [0.15, 0.2) is 0 Å². The summed E-state index contributed by atoms with van der Waals surface area (Å²) in [5.41, 5.74) is 0. The number of amides is 1. The lowest BCUT2D eigenvalue weighted by atomic mass is 10.0. The molecule has 300 valence electrons. The SMILES string of the molecule is CCCCCC=CCC=CCCCCCCCC(=O)CCCCCCCCCCC(=O)NC[C@H](O)CCCCCCCCCCCCCCCC. The van der Waals surface area contributed by atoms with Gasteiger partial charge in [-0.15, -0.1) is 0 Å². The number of unbranched alkanes of at least 4 members (excludes halogenated alkanes) is 28. The number of aliphatic hydroxyl groups excluding tert-OH is 1. The lowest BCUT2D eigenvalue weighted by molar-refractivity contribution is -0.121. The minimum atomic E-state index is -0.410. The summed E-state index contributed by atoms with van der Waals surface area (Å²) < 4.78 is 0. The molecule has 4 nitrogen and oxygen atoms in total. The van der Waals surface area contributed by atoms with E-state index in [2.05, 4.69) is 43.5 Å². The van der Waals surface area contributed by atoms with Gasteiger partial charge in [0.25, 0.3) is 0 Å². The van der Waals surface area contributed by atoms with Crippen LogP contribution in [0.2, 0.25) is 0 Å². The molecule has 0 bridgehead atoms. The molecule has 0 saturated carbocycles. The Morgan fingerprint density at radius 2 is 0.804 bits per heavy atom. The van der Waals surface area contributed by atoms with Crippen molar-refractivity contribution in [1.82, 2.24) is 5.32 Å². The van der Waals surface area contributed by atoms with Gasteiger partial charge in [-0.2, -0.15) is 0 Å². The van der Waals surface area contributed by atoms with E-state index < -0.39 is 6.10 Å². The molecule has 0 saturated heterocycles. The first-order valence-corrected chi connectivity index (χ1v) is 22.9. The highest BCUT2D eigenvalue weighted by molar-refractivity contribution is 5.78. The first-order chi connectivity index (χ1) is 25.1. The zero-order valence-corrected chi connectivity index (χ0v) is 34.5. The molecule has 0 fully saturated rings. The Hall–Kier alpha value is -1.42. The van der Waals surface area contributed by atoms with Gasteiger partial charge in [0.05, 0.1) is 6.10 Å². The molecular formula is C47H89NO3. The van der Waals surface area contributed by atoms with Crippen LogP contribution in [0.4, 0.5) is 0 Å². The molecule has 1 atom stereocenters. The predicted molar refractivity (Wildman–Crippen MR) is 224 cm³/mol. The van der Waals surface area contributed by atoms with Crippen molar-refractivity contribution in [3.05, 3.63) is 24.3 Å². The van der Waals surface area contributed by atoms with Crippen molar-refractivity contribution in [2.75, 3.05) is 6.54 Å². The number of carbonyl (C=O) groups excluding carboxylic acids is 2. The fourth-order valence-electron chi connectivity index (χ4n) is 6.92. The molecule has 4 heteroatoms. The van der Waals surface area contributed by atoms with E-state index in [-0.39, 0.29) is 5.91 Å². The van der Waals surface area contributed by atoms with Crippen LogP contribution >= 0.6 is 0 Å². The van der Waals surface area contributed by atoms with Crippen LogP contribution in [0.1, 0.15) is 251 Å². The van der Waals surface area contributed by atoms with Crippen LogP contribution in [-0.4, -0.2) is 29.4 Å². The van der Waals surface area contributed by atoms with E-state index in [4.69, 9.17) is 0 Å². The predicted octanol–water partition coefficient (Wildman–Crippen LogP) is 14.6. The highest BCUT2D eigenvalue weighted by Crippen LogP contribution is 2.15. The summed E-state index contributed by atoms with van der Waals surface area (Å²) in [4.78, 5) is 24.4. The molecule has 0 aromatic heterocycles. The van der Waals surface area contributed by atoms with Crippen LogP contribution in [-0.2, 0) is 9.59 Å². The summed E-state index contributed by atoms with van der Waals surface area (Å²) in [5.74, 6) is 0.542. The molecule has 1 amide bonds. The van der Waals surface area contributed by atoms with Gasteiger partial charge in [-0.1, -0.05) is 199 Å². The van der Waals surface area contributed by atoms with Crippen LogP contribution in [0.5, 0.6) is 0 Å². The van der Waals surface area contributed by atoms with E-state index in [0.29, 0.717) is 18.7 Å². The van der Waals surface area contributed by atoms with Gasteiger partial charge in [0.2, 0.25) is 5.91 Å². The van der Waals surface area contributed by atoms with E-state index in [1.807, 2.05) is 0 Å². The second-order valence-corrected chi connectivity index (χ2v) is 15.7. The maximum Gasteiger partial charge on any atom is 0.220 e. The molecule has 51 heavy (non-hydrogen) atoms. The molecule has 0 aliphatic heterocycles. The molecular weight excluding hydrogens is 627 g/mol. The third-order valence-electron chi connectivity index (χ3n) is 10.4. The quantitative estimate of drug-likeness (QED) is 0.0488. The van der Waals surface area contributed by atoms with Gasteiger partial charge in [-0.3, -0.25) is 9.59 Å². The van der Waals surface area contributed by atoms with E-state index in [0.717, 1.165) is 64.2 Å². The van der Waals surface area contributed by atoms with Crippen molar-refractivity contribution in [3.63, 3.8) is 0 Å². The Balaban J connectivity index is 3.36. The van der Waals surface area contributed by atoms with Crippen molar-refractivity contribution >= 4 is 11.7 Å². The van der Waals surface area contributed by atoms with E-state index >= 15 is 0 Å². The lowest BCUT2D eigenvalue weighted by Crippen LogP contribution is -2.31. The van der Waals surface area contributed by atoms with Crippen molar-refractivity contribution in [1.29, 1.82) is 0 Å². The second kappa shape index (κ2) is 43.0. The Kier molecular flexibility index (Phi) is 41.8. The van der Waals surface area contributed by atoms with E-state index in [1.165, 1.54) is 167 Å². The Labute approximate surface area is 319 Å². The van der Waals surface area contributed by atoms with Crippen molar-refractivity contribution in [2.45, 2.75) is 258 Å². The molecule has 0 unspecified atom stereocenters. The first kappa shape index (κ1) is 49.6. The number of nitrogens with one attached hydrogen (secondary N) is 1. The molecule has 0 aromatic rings. The highest BCUT2D eigenvalue weighted by Gasteiger charge is 2.07. The molecule has 0 spiro atoms. The van der Waals surface area contributed by atoms with Gasteiger partial charge in [-0.25, -0.2) is 0 Å². The zero-order chi connectivity index (χ0) is 37.1. The normalized spacial score (nSPS) is 12.4. The summed E-state index contributed by atoms with van der Waals surface area (Å²) in [5, 5.41) is 13.2. The third-order valence-corrected chi connectivity index (χ3v) is 10.4. The van der Waals surface area contributed by atoms with Gasteiger partial charge in [0.1, 0.15) is 5.78 Å². The van der Waals surface area contributed by atoms with Crippen LogP contribution in [0, 0.1) is 0 Å². The standard InChI is InChI=1S/C47H89NO3/c1-3-5-7-9-11-13-15-17-19-21-22-24-28-32-36-40-45(49)41-37-33-29-26-27-31-35-39-43-47(51)48-44-46(50)42-38-34-30-25-23-20-18-16-14-12-10-8-6-4-2/h11,13,17,19,46,50H,3-10,12,14-16,18,20-44H2,1-2H3,(H,48,51)/t46-/m1/s1. The maximum atomic E-state index is 12.2.